The van der Waals surface area contributed by atoms with Crippen LogP contribution in [0.25, 0.3) is 10.9 Å². The molecule has 7 heteroatoms. The molecule has 1 aromatic carbocycles. The molecule has 27 heavy (non-hydrogen) atoms. The SMILES string of the molecule is Cc1ccc(NC(=O)N2CCC(c3ccnc(N)n3)CC2)c2cccnc12. The molecule has 1 aliphatic rings. The fourth-order valence-electron chi connectivity index (χ4n) is 3.61. The number of pyridine rings is 1. The number of benzene rings is 1. The Labute approximate surface area is 157 Å². The largest absolute Gasteiger partial charge is 0.368 e. The number of aryl methyl sites for hydroxylation is 1. The van der Waals surface area contributed by atoms with Gasteiger partial charge in [0.25, 0.3) is 0 Å². The Morgan fingerprint density at radius 2 is 1.96 bits per heavy atom. The van der Waals surface area contributed by atoms with Crippen LogP contribution >= 0.6 is 0 Å². The molecule has 0 aliphatic carbocycles. The predicted molar refractivity (Wildman–Crippen MR) is 105 cm³/mol. The van der Waals surface area contributed by atoms with E-state index in [4.69, 9.17) is 5.73 Å². The highest BCUT2D eigenvalue weighted by molar-refractivity contribution is 6.01. The van der Waals surface area contributed by atoms with Gasteiger partial charge in [-0.25, -0.2) is 14.8 Å². The Bertz CT molecular complexity index is 981. The van der Waals surface area contributed by atoms with Crippen molar-refractivity contribution in [3.63, 3.8) is 0 Å². The van der Waals surface area contributed by atoms with E-state index in [-0.39, 0.29) is 6.03 Å². The van der Waals surface area contributed by atoms with Gasteiger partial charge in [-0.05, 0) is 49.6 Å². The summed E-state index contributed by atoms with van der Waals surface area (Å²) < 4.78 is 0. The number of urea groups is 1. The fourth-order valence-corrected chi connectivity index (χ4v) is 3.61. The third-order valence-electron chi connectivity index (χ3n) is 5.11. The molecule has 0 atom stereocenters. The van der Waals surface area contributed by atoms with Crippen molar-refractivity contribution in [3.05, 3.63) is 54.0 Å². The van der Waals surface area contributed by atoms with Crippen LogP contribution < -0.4 is 11.1 Å². The lowest BCUT2D eigenvalue weighted by molar-refractivity contribution is 0.194. The van der Waals surface area contributed by atoms with Crippen LogP contribution in [0.15, 0.2) is 42.7 Å². The lowest BCUT2D eigenvalue weighted by Crippen LogP contribution is -2.40. The van der Waals surface area contributed by atoms with Gasteiger partial charge < -0.3 is 16.0 Å². The number of likely N-dealkylation sites (tertiary alicyclic amines) is 1. The number of nitrogens with one attached hydrogen (secondary N) is 1. The summed E-state index contributed by atoms with van der Waals surface area (Å²) in [7, 11) is 0. The van der Waals surface area contributed by atoms with Crippen LogP contribution in [-0.2, 0) is 0 Å². The van der Waals surface area contributed by atoms with Crippen LogP contribution in [0.4, 0.5) is 16.4 Å². The fraction of sp³-hybridized carbons (Fsp3) is 0.300. The molecule has 4 rings (SSSR count). The third-order valence-corrected chi connectivity index (χ3v) is 5.11. The number of nitrogens with two attached hydrogens (primary N) is 1. The number of piperidine rings is 1. The molecular formula is C20H22N6O. The Balaban J connectivity index is 1.44. The summed E-state index contributed by atoms with van der Waals surface area (Å²) in [6, 6.07) is 9.62. The maximum absolute atomic E-state index is 12.7. The lowest BCUT2D eigenvalue weighted by Gasteiger charge is -2.31. The number of aromatic nitrogens is 3. The van der Waals surface area contributed by atoms with E-state index >= 15 is 0 Å². The van der Waals surface area contributed by atoms with Crippen LogP contribution in [0.1, 0.15) is 30.0 Å². The quantitative estimate of drug-likeness (QED) is 0.729. The zero-order valence-corrected chi connectivity index (χ0v) is 15.2. The van der Waals surface area contributed by atoms with Crippen molar-refractivity contribution < 1.29 is 4.79 Å². The van der Waals surface area contributed by atoms with Gasteiger partial charge in [-0.1, -0.05) is 6.07 Å². The van der Waals surface area contributed by atoms with Crippen molar-refractivity contribution >= 4 is 28.6 Å². The van der Waals surface area contributed by atoms with Gasteiger partial charge >= 0.3 is 6.03 Å². The number of hydrogen-bond donors (Lipinski definition) is 2. The van der Waals surface area contributed by atoms with Gasteiger partial charge in [-0.15, -0.1) is 0 Å². The molecule has 0 saturated carbocycles. The van der Waals surface area contributed by atoms with E-state index in [2.05, 4.69) is 20.3 Å². The number of hydrogen-bond acceptors (Lipinski definition) is 5. The second-order valence-electron chi connectivity index (χ2n) is 6.86. The number of fused-ring (bicyclic) bond motifs is 1. The molecule has 0 bridgehead atoms. The molecular weight excluding hydrogens is 340 g/mol. The minimum atomic E-state index is -0.0790. The van der Waals surface area contributed by atoms with Crippen LogP contribution in [0, 0.1) is 6.92 Å². The summed E-state index contributed by atoms with van der Waals surface area (Å²) in [6.45, 7) is 3.39. The topological polar surface area (TPSA) is 97.0 Å². The van der Waals surface area contributed by atoms with Crippen molar-refractivity contribution in [3.8, 4) is 0 Å². The van der Waals surface area contributed by atoms with Crippen LogP contribution in [-0.4, -0.2) is 39.0 Å². The molecule has 0 radical (unpaired) electrons. The maximum atomic E-state index is 12.7. The van der Waals surface area contributed by atoms with Crippen molar-refractivity contribution in [2.75, 3.05) is 24.1 Å². The zero-order valence-electron chi connectivity index (χ0n) is 15.2. The number of carbonyl (C=O) groups excluding carboxylic acids is 1. The molecule has 3 heterocycles. The molecule has 138 valence electrons. The highest BCUT2D eigenvalue weighted by atomic mass is 16.2. The van der Waals surface area contributed by atoms with Gasteiger partial charge in [0.2, 0.25) is 5.95 Å². The number of carbonyl (C=O) groups is 1. The molecule has 0 spiro atoms. The van der Waals surface area contributed by atoms with E-state index < -0.39 is 0 Å². The van der Waals surface area contributed by atoms with E-state index in [0.717, 1.165) is 40.7 Å². The number of nitrogen functional groups attached to an aromatic ring is 1. The summed E-state index contributed by atoms with van der Waals surface area (Å²) in [5, 5.41) is 4.00. The molecule has 2 amide bonds. The van der Waals surface area contributed by atoms with Crippen LogP contribution in [0.5, 0.6) is 0 Å². The monoisotopic (exact) mass is 362 g/mol. The number of anilines is 2. The van der Waals surface area contributed by atoms with E-state index in [1.165, 1.54) is 0 Å². The van der Waals surface area contributed by atoms with Crippen molar-refractivity contribution in [2.45, 2.75) is 25.7 Å². The van der Waals surface area contributed by atoms with Crippen molar-refractivity contribution in [1.29, 1.82) is 0 Å². The third kappa shape index (κ3) is 3.53. The summed E-state index contributed by atoms with van der Waals surface area (Å²) >= 11 is 0. The van der Waals surface area contributed by atoms with Gasteiger partial charge in [0.05, 0.1) is 11.2 Å². The van der Waals surface area contributed by atoms with E-state index in [9.17, 15) is 4.79 Å². The summed E-state index contributed by atoms with van der Waals surface area (Å²) in [4.78, 5) is 27.3. The van der Waals surface area contributed by atoms with Gasteiger partial charge in [0.15, 0.2) is 0 Å². The highest BCUT2D eigenvalue weighted by Crippen LogP contribution is 2.28. The van der Waals surface area contributed by atoms with Crippen LogP contribution in [0.3, 0.4) is 0 Å². The molecule has 1 saturated heterocycles. The second-order valence-corrected chi connectivity index (χ2v) is 6.86. The summed E-state index contributed by atoms with van der Waals surface area (Å²) in [5.74, 6) is 0.608. The van der Waals surface area contributed by atoms with Gasteiger partial charge in [-0.3, -0.25) is 4.98 Å². The average molecular weight is 362 g/mol. The molecule has 0 unspecified atom stereocenters. The Morgan fingerprint density at radius 1 is 1.15 bits per heavy atom. The smallest absolute Gasteiger partial charge is 0.321 e. The summed E-state index contributed by atoms with van der Waals surface area (Å²) in [5.41, 5.74) is 9.43. The average Bonchev–Trinajstić information content (AvgIpc) is 2.70. The predicted octanol–water partition coefficient (Wildman–Crippen LogP) is 3.33. The van der Waals surface area contributed by atoms with Gasteiger partial charge in [0, 0.05) is 42.5 Å². The van der Waals surface area contributed by atoms with E-state index in [0.29, 0.717) is 25.0 Å². The van der Waals surface area contributed by atoms with Crippen molar-refractivity contribution in [2.24, 2.45) is 0 Å². The Kier molecular flexibility index (Phi) is 4.58. The maximum Gasteiger partial charge on any atom is 0.321 e. The Morgan fingerprint density at radius 3 is 2.74 bits per heavy atom. The summed E-state index contributed by atoms with van der Waals surface area (Å²) in [6.07, 6.45) is 5.18. The minimum absolute atomic E-state index is 0.0790. The van der Waals surface area contributed by atoms with E-state index in [1.54, 1.807) is 12.4 Å². The normalized spacial score (nSPS) is 15.1. The minimum Gasteiger partial charge on any atom is -0.368 e. The lowest BCUT2D eigenvalue weighted by atomic mass is 9.93. The number of nitrogens with zero attached hydrogens (tertiary/aromatic N) is 4. The second kappa shape index (κ2) is 7.19. The standard InChI is InChI=1S/C20H22N6O/c1-13-4-5-17(15-3-2-9-22-18(13)15)25-20(27)26-11-7-14(8-12-26)16-6-10-23-19(21)24-16/h2-6,9-10,14H,7-8,11-12H2,1H3,(H,25,27)(H2,21,23,24). The molecule has 3 N–H and O–H groups in total. The molecule has 2 aromatic heterocycles. The van der Waals surface area contributed by atoms with E-state index in [1.807, 2.05) is 42.2 Å². The Hall–Kier alpha value is -3.22. The molecule has 1 aliphatic heterocycles. The number of rotatable bonds is 2. The van der Waals surface area contributed by atoms with Crippen LogP contribution in [0.2, 0.25) is 0 Å². The van der Waals surface area contributed by atoms with Crippen molar-refractivity contribution in [1.82, 2.24) is 19.9 Å². The first-order chi connectivity index (χ1) is 13.1. The first-order valence-electron chi connectivity index (χ1n) is 9.10. The van der Waals surface area contributed by atoms with Gasteiger partial charge in [0.1, 0.15) is 0 Å². The molecule has 1 fully saturated rings. The van der Waals surface area contributed by atoms with Gasteiger partial charge in [-0.2, -0.15) is 0 Å². The molecule has 3 aromatic rings. The number of amides is 2. The highest BCUT2D eigenvalue weighted by Gasteiger charge is 2.25. The zero-order chi connectivity index (χ0) is 18.8. The first kappa shape index (κ1) is 17.2. The molecule has 7 nitrogen and oxygen atoms in total. The first-order valence-corrected chi connectivity index (χ1v) is 9.10.